The minimum Gasteiger partial charge on any atom is -0.303 e. The van der Waals surface area contributed by atoms with Crippen molar-refractivity contribution in [3.05, 3.63) is 46.7 Å². The number of carbonyl (C=O) groups is 1. The maximum atomic E-state index is 12.4. The van der Waals surface area contributed by atoms with Crippen molar-refractivity contribution in [2.24, 2.45) is 0 Å². The lowest BCUT2D eigenvalue weighted by Crippen LogP contribution is -2.18. The van der Waals surface area contributed by atoms with Gasteiger partial charge in [0.1, 0.15) is 10.8 Å². The molecule has 0 aliphatic heterocycles. The van der Waals surface area contributed by atoms with Crippen molar-refractivity contribution in [3.8, 4) is 0 Å². The molecule has 0 unspecified atom stereocenters. The van der Waals surface area contributed by atoms with Crippen molar-refractivity contribution in [3.63, 3.8) is 0 Å². The summed E-state index contributed by atoms with van der Waals surface area (Å²) < 4.78 is 2.28. The lowest BCUT2D eigenvalue weighted by molar-refractivity contribution is -0.113. The predicted octanol–water partition coefficient (Wildman–Crippen LogP) is 4.52. The Morgan fingerprint density at radius 1 is 1.13 bits per heavy atom. The van der Waals surface area contributed by atoms with Crippen molar-refractivity contribution in [1.82, 2.24) is 25.0 Å². The number of benzene rings is 1. The van der Waals surface area contributed by atoms with Crippen LogP contribution in [0.4, 0.5) is 5.13 Å². The van der Waals surface area contributed by atoms with Crippen molar-refractivity contribution in [2.75, 3.05) is 11.1 Å². The molecule has 3 aromatic rings. The summed E-state index contributed by atoms with van der Waals surface area (Å²) in [5.41, 5.74) is 1.22. The largest absolute Gasteiger partial charge is 0.303 e. The summed E-state index contributed by atoms with van der Waals surface area (Å²) in [5, 5.41) is 22.2. The fraction of sp³-hybridized carbons (Fsp3) is 0.476. The first kappa shape index (κ1) is 21.0. The molecule has 1 aromatic carbocycles. The lowest BCUT2D eigenvalue weighted by atomic mass is 9.95. The first-order valence-corrected chi connectivity index (χ1v) is 12.3. The van der Waals surface area contributed by atoms with Gasteiger partial charge in [-0.2, -0.15) is 0 Å². The van der Waals surface area contributed by atoms with Gasteiger partial charge in [-0.1, -0.05) is 79.6 Å². The fourth-order valence-corrected chi connectivity index (χ4v) is 5.26. The van der Waals surface area contributed by atoms with E-state index in [0.717, 1.165) is 41.7 Å². The Labute approximate surface area is 184 Å². The molecule has 2 heterocycles. The number of rotatable bonds is 8. The molecule has 1 saturated carbocycles. The van der Waals surface area contributed by atoms with Gasteiger partial charge in [-0.05, 0) is 24.8 Å². The average Bonchev–Trinajstić information content (AvgIpc) is 3.40. The second-order valence-electron chi connectivity index (χ2n) is 7.41. The average molecular weight is 443 g/mol. The number of hydrogen-bond acceptors (Lipinski definition) is 7. The third kappa shape index (κ3) is 5.26. The Bertz CT molecular complexity index is 965. The van der Waals surface area contributed by atoms with Crippen molar-refractivity contribution in [1.29, 1.82) is 0 Å². The van der Waals surface area contributed by atoms with Crippen molar-refractivity contribution < 1.29 is 4.79 Å². The van der Waals surface area contributed by atoms with E-state index < -0.39 is 0 Å². The van der Waals surface area contributed by atoms with Crippen LogP contribution >= 0.6 is 23.1 Å². The molecule has 7 nitrogen and oxygen atoms in total. The van der Waals surface area contributed by atoms with E-state index in [-0.39, 0.29) is 11.7 Å². The van der Waals surface area contributed by atoms with Gasteiger partial charge >= 0.3 is 0 Å². The number of aryl methyl sites for hydroxylation is 1. The van der Waals surface area contributed by atoms with Crippen LogP contribution in [-0.2, 0) is 17.6 Å². The molecule has 0 atom stereocenters. The van der Waals surface area contributed by atoms with Gasteiger partial charge in [0.05, 0.1) is 5.75 Å². The van der Waals surface area contributed by atoms with E-state index in [0.29, 0.717) is 11.2 Å². The van der Waals surface area contributed by atoms with Gasteiger partial charge in [0, 0.05) is 12.5 Å². The number of amides is 1. The molecule has 0 saturated heterocycles. The highest BCUT2D eigenvalue weighted by atomic mass is 32.2. The van der Waals surface area contributed by atoms with E-state index in [1.54, 1.807) is 0 Å². The van der Waals surface area contributed by atoms with Crippen LogP contribution in [0.2, 0.25) is 0 Å². The molecule has 0 bridgehead atoms. The number of anilines is 1. The lowest BCUT2D eigenvalue weighted by Gasteiger charge is -2.25. The van der Waals surface area contributed by atoms with Crippen LogP contribution in [0.25, 0.3) is 0 Å². The summed E-state index contributed by atoms with van der Waals surface area (Å²) in [6.45, 7) is 2.02. The Kier molecular flexibility index (Phi) is 7.11. The highest BCUT2D eigenvalue weighted by molar-refractivity contribution is 7.99. The Hall–Kier alpha value is -2.26. The zero-order valence-corrected chi connectivity index (χ0v) is 18.7. The van der Waals surface area contributed by atoms with Gasteiger partial charge < -0.3 is 4.57 Å². The first-order chi connectivity index (χ1) is 14.7. The third-order valence-electron chi connectivity index (χ3n) is 5.23. The van der Waals surface area contributed by atoms with Crippen LogP contribution in [0, 0.1) is 0 Å². The fourth-order valence-electron chi connectivity index (χ4n) is 3.74. The molecule has 9 heteroatoms. The zero-order valence-electron chi connectivity index (χ0n) is 17.1. The summed E-state index contributed by atoms with van der Waals surface area (Å²) in [4.78, 5) is 12.4. The molecular formula is C21H26N6OS2. The smallest absolute Gasteiger partial charge is 0.236 e. The molecule has 0 spiro atoms. The molecule has 0 radical (unpaired) electrons. The van der Waals surface area contributed by atoms with E-state index in [2.05, 4.69) is 42.4 Å². The highest BCUT2D eigenvalue weighted by Crippen LogP contribution is 2.33. The van der Waals surface area contributed by atoms with Gasteiger partial charge in [0.2, 0.25) is 11.0 Å². The van der Waals surface area contributed by atoms with E-state index in [9.17, 15) is 4.79 Å². The first-order valence-electron chi connectivity index (χ1n) is 10.5. The van der Waals surface area contributed by atoms with Crippen LogP contribution in [0.5, 0.6) is 0 Å². The van der Waals surface area contributed by atoms with Crippen molar-refractivity contribution >= 4 is 34.1 Å². The summed E-state index contributed by atoms with van der Waals surface area (Å²) in [6.07, 6.45) is 7.61. The third-order valence-corrected chi connectivity index (χ3v) is 7.15. The number of nitrogens with one attached hydrogen (secondary N) is 1. The van der Waals surface area contributed by atoms with Gasteiger partial charge in [0.15, 0.2) is 5.16 Å². The van der Waals surface area contributed by atoms with Crippen LogP contribution in [0.15, 0.2) is 35.5 Å². The standard InChI is InChI=1S/C21H26N6OS2/c1-2-19-24-25-20(30-19)22-18(28)14-29-21-26-23-17(13-15-9-5-3-6-10-15)27(21)16-11-7-4-8-12-16/h3,5-6,9-10,16H,2,4,7-8,11-14H2,1H3,(H,22,25,28). The van der Waals surface area contributed by atoms with Gasteiger partial charge in [-0.15, -0.1) is 20.4 Å². The molecule has 30 heavy (non-hydrogen) atoms. The summed E-state index contributed by atoms with van der Waals surface area (Å²) >= 11 is 2.86. The molecule has 2 aromatic heterocycles. The van der Waals surface area contributed by atoms with Crippen LogP contribution in [0.3, 0.4) is 0 Å². The Morgan fingerprint density at radius 2 is 1.93 bits per heavy atom. The number of aromatic nitrogens is 5. The second kappa shape index (κ2) is 10.2. The maximum absolute atomic E-state index is 12.4. The molecular weight excluding hydrogens is 416 g/mol. The second-order valence-corrected chi connectivity index (χ2v) is 9.42. The number of carbonyl (C=O) groups excluding carboxylic acids is 1. The monoisotopic (exact) mass is 442 g/mol. The van der Waals surface area contributed by atoms with Crippen LogP contribution in [0.1, 0.15) is 61.5 Å². The van der Waals surface area contributed by atoms with Gasteiger partial charge in [0.25, 0.3) is 0 Å². The summed E-state index contributed by atoms with van der Waals surface area (Å²) in [7, 11) is 0. The highest BCUT2D eigenvalue weighted by Gasteiger charge is 2.23. The Morgan fingerprint density at radius 3 is 2.67 bits per heavy atom. The molecule has 1 fully saturated rings. The quantitative estimate of drug-likeness (QED) is 0.516. The van der Waals surface area contributed by atoms with E-state index in [1.165, 1.54) is 47.9 Å². The zero-order chi connectivity index (χ0) is 20.8. The van der Waals surface area contributed by atoms with Gasteiger partial charge in [-0.25, -0.2) is 0 Å². The summed E-state index contributed by atoms with van der Waals surface area (Å²) in [5.74, 6) is 1.16. The maximum Gasteiger partial charge on any atom is 0.236 e. The molecule has 4 rings (SSSR count). The minimum absolute atomic E-state index is 0.0957. The minimum atomic E-state index is -0.0957. The number of hydrogen-bond donors (Lipinski definition) is 1. The molecule has 1 aliphatic carbocycles. The van der Waals surface area contributed by atoms with Crippen LogP contribution < -0.4 is 5.32 Å². The molecule has 1 aliphatic rings. The van der Waals surface area contributed by atoms with Crippen LogP contribution in [-0.4, -0.2) is 36.6 Å². The van der Waals surface area contributed by atoms with E-state index in [4.69, 9.17) is 0 Å². The number of nitrogens with zero attached hydrogens (tertiary/aromatic N) is 5. The molecule has 1 amide bonds. The van der Waals surface area contributed by atoms with E-state index >= 15 is 0 Å². The predicted molar refractivity (Wildman–Crippen MR) is 120 cm³/mol. The van der Waals surface area contributed by atoms with Gasteiger partial charge in [-0.3, -0.25) is 10.1 Å². The summed E-state index contributed by atoms with van der Waals surface area (Å²) in [6, 6.07) is 10.8. The topological polar surface area (TPSA) is 85.6 Å². The van der Waals surface area contributed by atoms with Crippen molar-refractivity contribution in [2.45, 2.75) is 63.1 Å². The Balaban J connectivity index is 1.46. The van der Waals surface area contributed by atoms with E-state index in [1.807, 2.05) is 25.1 Å². The number of thioether (sulfide) groups is 1. The molecule has 1 N–H and O–H groups in total. The normalized spacial score (nSPS) is 14.7. The SMILES string of the molecule is CCc1nnc(NC(=O)CSc2nnc(Cc3ccccc3)n2C2CCCCC2)s1. The molecule has 158 valence electrons.